The minimum Gasteiger partial charge on any atom is -0.497 e. The normalized spacial score (nSPS) is 14.3. The van der Waals surface area contributed by atoms with E-state index in [1.54, 1.807) is 72.6 Å². The quantitative estimate of drug-likeness (QED) is 0.707. The number of anilines is 1. The second kappa shape index (κ2) is 10.1. The van der Waals surface area contributed by atoms with Crippen LogP contribution >= 0.6 is 0 Å². The van der Waals surface area contributed by atoms with Crippen molar-refractivity contribution in [3.05, 3.63) is 54.1 Å². The Hall–Kier alpha value is -3.06. The van der Waals surface area contributed by atoms with Gasteiger partial charge in [-0.2, -0.15) is 0 Å². The molecule has 0 bridgehead atoms. The van der Waals surface area contributed by atoms with Crippen LogP contribution in [0.3, 0.4) is 0 Å². The maximum atomic E-state index is 13.1. The lowest BCUT2D eigenvalue weighted by atomic mass is 9.89. The first-order chi connectivity index (χ1) is 14.6. The Morgan fingerprint density at radius 1 is 0.967 bits per heavy atom. The molecule has 7 heteroatoms. The molecule has 2 aromatic rings. The highest BCUT2D eigenvalue weighted by molar-refractivity contribution is 5.98. The number of aliphatic hydroxyl groups excluding tert-OH is 1. The number of ketones is 1. The van der Waals surface area contributed by atoms with Gasteiger partial charge in [0.2, 0.25) is 0 Å². The fourth-order valence-electron chi connectivity index (χ4n) is 3.69. The first-order valence-corrected chi connectivity index (χ1v) is 10.1. The van der Waals surface area contributed by atoms with E-state index in [1.165, 1.54) is 0 Å². The second-order valence-corrected chi connectivity index (χ2v) is 7.21. The lowest BCUT2D eigenvalue weighted by molar-refractivity contribution is 0.0857. The third-order valence-corrected chi connectivity index (χ3v) is 5.45. The van der Waals surface area contributed by atoms with Gasteiger partial charge in [0.25, 0.3) is 0 Å². The van der Waals surface area contributed by atoms with E-state index in [1.807, 2.05) is 0 Å². The topological polar surface area (TPSA) is 79.3 Å². The molecule has 0 saturated carbocycles. The second-order valence-electron chi connectivity index (χ2n) is 7.21. The highest BCUT2D eigenvalue weighted by Crippen LogP contribution is 2.26. The molecule has 1 N–H and O–H groups in total. The van der Waals surface area contributed by atoms with E-state index < -0.39 is 0 Å². The van der Waals surface area contributed by atoms with E-state index in [2.05, 4.69) is 0 Å². The van der Waals surface area contributed by atoms with Crippen molar-refractivity contribution >= 4 is 17.5 Å². The maximum absolute atomic E-state index is 13.1. The Kier molecular flexibility index (Phi) is 7.30. The Morgan fingerprint density at radius 3 is 2.00 bits per heavy atom. The van der Waals surface area contributed by atoms with E-state index in [4.69, 9.17) is 9.47 Å². The minimum absolute atomic E-state index is 0.102. The molecule has 1 aliphatic heterocycles. The van der Waals surface area contributed by atoms with Crippen molar-refractivity contribution in [2.24, 2.45) is 5.92 Å². The van der Waals surface area contributed by atoms with Crippen LogP contribution in [0.2, 0.25) is 0 Å². The first kappa shape index (κ1) is 21.6. The number of ether oxygens (including phenoxy) is 2. The molecule has 2 amide bonds. The van der Waals surface area contributed by atoms with Crippen molar-refractivity contribution < 1.29 is 24.2 Å². The van der Waals surface area contributed by atoms with Crippen molar-refractivity contribution in [1.82, 2.24) is 4.90 Å². The number of benzene rings is 2. The standard InChI is InChI=1S/C23H28N2O5/c1-29-20-7-3-17(4-8-20)22(27)18-11-13-24(14-12-18)23(28)25(15-16-26)19-5-9-21(30-2)10-6-19/h3-10,18,26H,11-16H2,1-2H3. The number of amides is 2. The SMILES string of the molecule is COc1ccc(C(=O)C2CCN(C(=O)N(CCO)c3ccc(OC)cc3)CC2)cc1. The van der Waals surface area contributed by atoms with Crippen LogP contribution in [0.5, 0.6) is 11.5 Å². The lowest BCUT2D eigenvalue weighted by Gasteiger charge is -2.35. The molecule has 30 heavy (non-hydrogen) atoms. The zero-order chi connectivity index (χ0) is 21.5. The number of nitrogens with zero attached hydrogens (tertiary/aromatic N) is 2. The number of carbonyl (C=O) groups excluding carboxylic acids is 2. The zero-order valence-electron chi connectivity index (χ0n) is 17.4. The number of aliphatic hydroxyl groups is 1. The summed E-state index contributed by atoms with van der Waals surface area (Å²) < 4.78 is 10.3. The van der Waals surface area contributed by atoms with Gasteiger partial charge in [0, 0.05) is 30.3 Å². The molecule has 0 aliphatic carbocycles. The fourth-order valence-corrected chi connectivity index (χ4v) is 3.69. The van der Waals surface area contributed by atoms with E-state index >= 15 is 0 Å². The van der Waals surface area contributed by atoms with Crippen molar-refractivity contribution in [3.8, 4) is 11.5 Å². The van der Waals surface area contributed by atoms with Gasteiger partial charge >= 0.3 is 6.03 Å². The number of rotatable bonds is 7. The molecule has 2 aromatic carbocycles. The molecule has 1 heterocycles. The van der Waals surface area contributed by atoms with Crippen molar-refractivity contribution in [2.75, 3.05) is 45.4 Å². The first-order valence-electron chi connectivity index (χ1n) is 10.1. The van der Waals surface area contributed by atoms with E-state index in [9.17, 15) is 14.7 Å². The van der Waals surface area contributed by atoms with Gasteiger partial charge in [-0.3, -0.25) is 9.69 Å². The number of piperidine rings is 1. The van der Waals surface area contributed by atoms with Gasteiger partial charge < -0.3 is 19.5 Å². The van der Waals surface area contributed by atoms with Gasteiger partial charge in [0.05, 0.1) is 27.4 Å². The molecule has 0 radical (unpaired) electrons. The third kappa shape index (κ3) is 4.91. The van der Waals surface area contributed by atoms with Gasteiger partial charge in [-0.1, -0.05) is 0 Å². The summed E-state index contributed by atoms with van der Waals surface area (Å²) in [6.07, 6.45) is 1.23. The zero-order valence-corrected chi connectivity index (χ0v) is 17.4. The average molecular weight is 412 g/mol. The number of methoxy groups -OCH3 is 2. The monoisotopic (exact) mass is 412 g/mol. The van der Waals surface area contributed by atoms with Crippen LogP contribution in [0.1, 0.15) is 23.2 Å². The van der Waals surface area contributed by atoms with E-state index in [-0.39, 0.29) is 30.9 Å². The lowest BCUT2D eigenvalue weighted by Crippen LogP contribution is -2.48. The van der Waals surface area contributed by atoms with Crippen LogP contribution < -0.4 is 14.4 Å². The molecule has 7 nitrogen and oxygen atoms in total. The van der Waals surface area contributed by atoms with Crippen LogP contribution in [-0.4, -0.2) is 62.3 Å². The highest BCUT2D eigenvalue weighted by atomic mass is 16.5. The fraction of sp³-hybridized carbons (Fsp3) is 0.391. The van der Waals surface area contributed by atoms with Gasteiger partial charge in [-0.15, -0.1) is 0 Å². The molecule has 0 spiro atoms. The highest BCUT2D eigenvalue weighted by Gasteiger charge is 2.30. The smallest absolute Gasteiger partial charge is 0.324 e. The minimum atomic E-state index is -0.162. The van der Waals surface area contributed by atoms with Crippen molar-refractivity contribution in [3.63, 3.8) is 0 Å². The number of likely N-dealkylation sites (tertiary alicyclic amines) is 1. The summed E-state index contributed by atoms with van der Waals surface area (Å²) in [5, 5.41) is 9.43. The summed E-state index contributed by atoms with van der Waals surface area (Å²) in [7, 11) is 3.18. The van der Waals surface area contributed by atoms with Crippen molar-refractivity contribution in [1.29, 1.82) is 0 Å². The predicted molar refractivity (Wildman–Crippen MR) is 114 cm³/mol. The number of hydrogen-bond acceptors (Lipinski definition) is 5. The molecule has 1 fully saturated rings. The molecule has 3 rings (SSSR count). The van der Waals surface area contributed by atoms with Crippen LogP contribution in [0, 0.1) is 5.92 Å². The van der Waals surface area contributed by atoms with E-state index in [0.717, 1.165) is 5.75 Å². The molecular weight excluding hydrogens is 384 g/mol. The van der Waals surface area contributed by atoms with Crippen LogP contribution in [0.4, 0.5) is 10.5 Å². The van der Waals surface area contributed by atoms with Gasteiger partial charge in [-0.25, -0.2) is 4.79 Å². The molecule has 1 saturated heterocycles. The number of carbonyl (C=O) groups is 2. The predicted octanol–water partition coefficient (Wildman–Crippen LogP) is 3.22. The molecule has 0 unspecified atom stereocenters. The summed E-state index contributed by atoms with van der Waals surface area (Å²) in [5.74, 6) is 1.42. The van der Waals surface area contributed by atoms with Gasteiger partial charge in [0.15, 0.2) is 5.78 Å². The van der Waals surface area contributed by atoms with Crippen LogP contribution in [0.25, 0.3) is 0 Å². The summed E-state index contributed by atoms with van der Waals surface area (Å²) in [5.41, 5.74) is 1.37. The van der Waals surface area contributed by atoms with Crippen LogP contribution in [-0.2, 0) is 0 Å². The molecule has 160 valence electrons. The van der Waals surface area contributed by atoms with E-state index in [0.29, 0.717) is 42.9 Å². The summed E-state index contributed by atoms with van der Waals surface area (Å²) in [6, 6.07) is 14.1. The molecule has 0 atom stereocenters. The molecule has 1 aliphatic rings. The summed E-state index contributed by atoms with van der Waals surface area (Å²) in [6.45, 7) is 1.08. The van der Waals surface area contributed by atoms with Gasteiger partial charge in [0.1, 0.15) is 11.5 Å². The Balaban J connectivity index is 1.62. The molecule has 0 aromatic heterocycles. The maximum Gasteiger partial charge on any atom is 0.324 e. The Bertz CT molecular complexity index is 843. The Morgan fingerprint density at radius 2 is 1.50 bits per heavy atom. The van der Waals surface area contributed by atoms with Gasteiger partial charge in [-0.05, 0) is 61.4 Å². The number of hydrogen-bond donors (Lipinski definition) is 1. The summed E-state index contributed by atoms with van der Waals surface area (Å²) >= 11 is 0. The Labute approximate surface area is 176 Å². The average Bonchev–Trinajstić information content (AvgIpc) is 2.82. The third-order valence-electron chi connectivity index (χ3n) is 5.45. The number of Topliss-reactive ketones (excluding diaryl/α,β-unsaturated/α-hetero) is 1. The summed E-state index contributed by atoms with van der Waals surface area (Å²) in [4.78, 5) is 29.2. The van der Waals surface area contributed by atoms with Crippen LogP contribution in [0.15, 0.2) is 48.5 Å². The van der Waals surface area contributed by atoms with Crippen molar-refractivity contribution in [2.45, 2.75) is 12.8 Å². The molecular formula is C23H28N2O5. The largest absolute Gasteiger partial charge is 0.497 e. The number of urea groups is 1.